The van der Waals surface area contributed by atoms with E-state index >= 15 is 0 Å². The fourth-order valence-corrected chi connectivity index (χ4v) is 4.07. The molecule has 2 aliphatic heterocycles. The monoisotopic (exact) mass is 322 g/mol. The Bertz CT molecular complexity index is 522. The van der Waals surface area contributed by atoms with Crippen molar-refractivity contribution in [1.82, 2.24) is 10.2 Å². The molecule has 3 rings (SSSR count). The van der Waals surface area contributed by atoms with Crippen LogP contribution in [0.15, 0.2) is 24.3 Å². The van der Waals surface area contributed by atoms with E-state index in [0.29, 0.717) is 22.7 Å². The first-order valence-electron chi connectivity index (χ1n) is 8.07. The third kappa shape index (κ3) is 3.14. The number of fused-ring (bicyclic) bond motifs is 1. The normalized spacial score (nSPS) is 21.5. The first-order valence-corrected chi connectivity index (χ1v) is 8.45. The summed E-state index contributed by atoms with van der Waals surface area (Å²) in [6.07, 6.45) is 4.86. The maximum atomic E-state index is 12.1. The van der Waals surface area contributed by atoms with Crippen molar-refractivity contribution in [1.29, 1.82) is 0 Å². The number of amides is 1. The molecule has 2 fully saturated rings. The molecule has 0 radical (unpaired) electrons. The van der Waals surface area contributed by atoms with E-state index in [1.54, 1.807) is 24.3 Å². The van der Waals surface area contributed by atoms with E-state index in [0.717, 1.165) is 6.42 Å². The fourth-order valence-electron chi connectivity index (χ4n) is 3.94. The van der Waals surface area contributed by atoms with Crippen LogP contribution in [-0.4, -0.2) is 41.1 Å². The van der Waals surface area contributed by atoms with Crippen LogP contribution in [0.5, 0.6) is 0 Å². The summed E-state index contributed by atoms with van der Waals surface area (Å²) in [6, 6.07) is 6.73. The van der Waals surface area contributed by atoms with Crippen molar-refractivity contribution in [3.63, 3.8) is 0 Å². The van der Waals surface area contributed by atoms with E-state index < -0.39 is 6.10 Å². The molecule has 1 atom stereocenters. The second kappa shape index (κ2) is 6.57. The van der Waals surface area contributed by atoms with E-state index in [1.165, 1.54) is 38.8 Å². The SMILES string of the molecule is O=C(NCCC12CCCN1CCC2)C(O)c1ccc(Cl)cc1. The largest absolute Gasteiger partial charge is 0.378 e. The number of nitrogens with zero attached hydrogens (tertiary/aromatic N) is 1. The Morgan fingerprint density at radius 2 is 1.91 bits per heavy atom. The molecule has 0 spiro atoms. The Morgan fingerprint density at radius 3 is 2.55 bits per heavy atom. The molecular formula is C17H23ClN2O2. The molecule has 0 aliphatic carbocycles. The van der Waals surface area contributed by atoms with Gasteiger partial charge in [0.1, 0.15) is 0 Å². The summed E-state index contributed by atoms with van der Waals surface area (Å²) in [6.45, 7) is 3.02. The highest BCUT2D eigenvalue weighted by Gasteiger charge is 2.43. The van der Waals surface area contributed by atoms with Crippen molar-refractivity contribution in [2.75, 3.05) is 19.6 Å². The van der Waals surface area contributed by atoms with Crippen molar-refractivity contribution in [3.05, 3.63) is 34.9 Å². The van der Waals surface area contributed by atoms with E-state index in [4.69, 9.17) is 11.6 Å². The Balaban J connectivity index is 1.51. The quantitative estimate of drug-likeness (QED) is 0.876. The molecular weight excluding hydrogens is 300 g/mol. The van der Waals surface area contributed by atoms with Crippen LogP contribution in [0.25, 0.3) is 0 Å². The molecule has 0 saturated carbocycles. The molecule has 2 aliphatic rings. The molecule has 1 aromatic rings. The van der Waals surface area contributed by atoms with Crippen molar-refractivity contribution in [2.24, 2.45) is 0 Å². The zero-order valence-electron chi connectivity index (χ0n) is 12.7. The van der Waals surface area contributed by atoms with Gasteiger partial charge in [0.2, 0.25) is 0 Å². The molecule has 1 unspecified atom stereocenters. The number of nitrogens with one attached hydrogen (secondary N) is 1. The molecule has 0 bridgehead atoms. The number of halogens is 1. The van der Waals surface area contributed by atoms with Crippen LogP contribution in [-0.2, 0) is 4.79 Å². The van der Waals surface area contributed by atoms with Crippen molar-refractivity contribution in [3.8, 4) is 0 Å². The number of rotatable bonds is 5. The Morgan fingerprint density at radius 1 is 1.27 bits per heavy atom. The Kier molecular flexibility index (Phi) is 4.71. The number of benzene rings is 1. The van der Waals surface area contributed by atoms with Crippen molar-refractivity contribution < 1.29 is 9.90 Å². The third-order valence-corrected chi connectivity index (χ3v) is 5.39. The highest BCUT2D eigenvalue weighted by Crippen LogP contribution is 2.40. The van der Waals surface area contributed by atoms with E-state index in [1.807, 2.05) is 0 Å². The van der Waals surface area contributed by atoms with Gasteiger partial charge in [-0.3, -0.25) is 9.69 Å². The van der Waals surface area contributed by atoms with Crippen LogP contribution in [0.2, 0.25) is 5.02 Å². The lowest BCUT2D eigenvalue weighted by atomic mass is 9.90. The van der Waals surface area contributed by atoms with Gasteiger partial charge in [-0.25, -0.2) is 0 Å². The summed E-state index contributed by atoms with van der Waals surface area (Å²) in [5.41, 5.74) is 0.877. The summed E-state index contributed by atoms with van der Waals surface area (Å²) in [5.74, 6) is -0.332. The minimum Gasteiger partial charge on any atom is -0.378 e. The molecule has 5 heteroatoms. The number of hydrogen-bond acceptors (Lipinski definition) is 3. The van der Waals surface area contributed by atoms with Crippen LogP contribution in [0, 0.1) is 0 Å². The lowest BCUT2D eigenvalue weighted by molar-refractivity contribution is -0.129. The highest BCUT2D eigenvalue weighted by atomic mass is 35.5. The van der Waals surface area contributed by atoms with Crippen LogP contribution in [0.4, 0.5) is 0 Å². The van der Waals surface area contributed by atoms with Gasteiger partial charge in [-0.1, -0.05) is 23.7 Å². The van der Waals surface area contributed by atoms with E-state index in [9.17, 15) is 9.90 Å². The average molecular weight is 323 g/mol. The number of carbonyl (C=O) groups excluding carboxylic acids is 1. The molecule has 2 N–H and O–H groups in total. The third-order valence-electron chi connectivity index (χ3n) is 5.13. The first kappa shape index (κ1) is 15.8. The molecule has 4 nitrogen and oxygen atoms in total. The van der Waals surface area contributed by atoms with Crippen LogP contribution >= 0.6 is 11.6 Å². The first-order chi connectivity index (χ1) is 10.6. The molecule has 0 aromatic heterocycles. The predicted octanol–water partition coefficient (Wildman–Crippen LogP) is 2.51. The van der Waals surface area contributed by atoms with Crippen molar-refractivity contribution in [2.45, 2.75) is 43.7 Å². The smallest absolute Gasteiger partial charge is 0.253 e. The Hall–Kier alpha value is -1.10. The maximum absolute atomic E-state index is 12.1. The second-order valence-electron chi connectivity index (χ2n) is 6.41. The summed E-state index contributed by atoms with van der Waals surface area (Å²) in [7, 11) is 0. The highest BCUT2D eigenvalue weighted by molar-refractivity contribution is 6.30. The lowest BCUT2D eigenvalue weighted by Crippen LogP contribution is -2.42. The van der Waals surface area contributed by atoms with Gasteiger partial charge in [0.15, 0.2) is 6.10 Å². The minimum absolute atomic E-state index is 0.304. The van der Waals surface area contributed by atoms with Gasteiger partial charge in [0.25, 0.3) is 5.91 Å². The summed E-state index contributed by atoms with van der Waals surface area (Å²) >= 11 is 5.82. The number of hydrogen-bond donors (Lipinski definition) is 2. The van der Waals surface area contributed by atoms with Gasteiger partial charge >= 0.3 is 0 Å². The van der Waals surface area contributed by atoms with Gasteiger partial charge in [-0.2, -0.15) is 0 Å². The van der Waals surface area contributed by atoms with E-state index in [2.05, 4.69) is 10.2 Å². The number of carbonyl (C=O) groups is 1. The molecule has 120 valence electrons. The van der Waals surface area contributed by atoms with E-state index in [-0.39, 0.29) is 5.91 Å². The minimum atomic E-state index is -1.13. The maximum Gasteiger partial charge on any atom is 0.253 e. The Labute approximate surface area is 136 Å². The molecule has 2 saturated heterocycles. The zero-order valence-corrected chi connectivity index (χ0v) is 13.5. The summed E-state index contributed by atoms with van der Waals surface area (Å²) < 4.78 is 0. The number of aliphatic hydroxyl groups excluding tert-OH is 1. The lowest BCUT2D eigenvalue weighted by Gasteiger charge is -2.32. The molecule has 2 heterocycles. The van der Waals surface area contributed by atoms with Crippen LogP contribution in [0.3, 0.4) is 0 Å². The van der Waals surface area contributed by atoms with Crippen LogP contribution in [0.1, 0.15) is 43.8 Å². The zero-order chi connectivity index (χ0) is 15.6. The fraction of sp³-hybridized carbons (Fsp3) is 0.588. The van der Waals surface area contributed by atoms with Gasteiger partial charge in [-0.15, -0.1) is 0 Å². The second-order valence-corrected chi connectivity index (χ2v) is 6.85. The molecule has 1 amide bonds. The number of aliphatic hydroxyl groups is 1. The summed E-state index contributed by atoms with van der Waals surface area (Å²) in [5, 5.41) is 13.6. The standard InChI is InChI=1S/C17H23ClN2O2/c18-14-5-3-13(4-6-14)15(21)16(22)19-10-9-17-7-1-11-20(17)12-2-8-17/h3-6,15,21H,1-2,7-12H2,(H,19,22). The molecule has 1 aromatic carbocycles. The van der Waals surface area contributed by atoms with Gasteiger partial charge in [-0.05, 0) is 62.9 Å². The average Bonchev–Trinajstić information content (AvgIpc) is 3.07. The van der Waals surface area contributed by atoms with Gasteiger partial charge in [0, 0.05) is 17.1 Å². The van der Waals surface area contributed by atoms with Crippen molar-refractivity contribution >= 4 is 17.5 Å². The topological polar surface area (TPSA) is 52.6 Å². The van der Waals surface area contributed by atoms with Crippen LogP contribution < -0.4 is 5.32 Å². The predicted molar refractivity (Wildman–Crippen MR) is 86.8 cm³/mol. The van der Waals surface area contributed by atoms with Gasteiger partial charge < -0.3 is 10.4 Å². The summed E-state index contributed by atoms with van der Waals surface area (Å²) in [4.78, 5) is 14.7. The van der Waals surface area contributed by atoms with Gasteiger partial charge in [0.05, 0.1) is 0 Å². The molecule has 22 heavy (non-hydrogen) atoms.